The number of nitrogens with zero attached hydrogens (tertiary/aromatic N) is 3. The van der Waals surface area contributed by atoms with E-state index in [1.165, 1.54) is 11.3 Å². The smallest absolute Gasteiger partial charge is 0.273 e. The lowest BCUT2D eigenvalue weighted by atomic mass is 9.92. The van der Waals surface area contributed by atoms with Crippen molar-refractivity contribution in [2.45, 2.75) is 12.8 Å². The number of ketones is 1. The second-order valence-electron chi connectivity index (χ2n) is 5.46. The van der Waals surface area contributed by atoms with E-state index in [0.717, 1.165) is 12.8 Å². The van der Waals surface area contributed by atoms with E-state index < -0.39 is 0 Å². The van der Waals surface area contributed by atoms with Crippen molar-refractivity contribution < 1.29 is 9.59 Å². The number of aromatic nitrogens is 2. The molecular weight excluding hydrogens is 312 g/mol. The number of carbonyl (C=O) groups is 2. The lowest BCUT2D eigenvalue weighted by Gasteiger charge is -2.31. The topological polar surface area (TPSA) is 75.2 Å². The highest BCUT2D eigenvalue weighted by molar-refractivity contribution is 7.13. The number of hydrogen-bond acceptors (Lipinski definition) is 6. The molecule has 0 aromatic carbocycles. The molecule has 1 N–H and O–H groups in total. The maximum absolute atomic E-state index is 12.5. The zero-order valence-electron chi connectivity index (χ0n) is 12.9. The monoisotopic (exact) mass is 330 g/mol. The quantitative estimate of drug-likeness (QED) is 0.871. The summed E-state index contributed by atoms with van der Waals surface area (Å²) < 4.78 is 0. The summed E-state index contributed by atoms with van der Waals surface area (Å²) in [6, 6.07) is 5.32. The fourth-order valence-electron chi connectivity index (χ4n) is 2.74. The predicted molar refractivity (Wildman–Crippen MR) is 88.9 cm³/mol. The standard InChI is InChI=1S/C16H18N4O2S/c1-17-16-19-13(10-23-16)15(22)20-8-4-5-11(9-20)14(21)12-6-2-3-7-18-12/h2-3,6-7,10-11H,4-5,8-9H2,1H3,(H,17,19)/t11-/m1/s1. The lowest BCUT2D eigenvalue weighted by molar-refractivity contribution is 0.0631. The van der Waals surface area contributed by atoms with Gasteiger partial charge in [0.1, 0.15) is 11.4 Å². The van der Waals surface area contributed by atoms with E-state index in [0.29, 0.717) is 29.6 Å². The van der Waals surface area contributed by atoms with Gasteiger partial charge in [0.25, 0.3) is 5.91 Å². The van der Waals surface area contributed by atoms with Crippen LogP contribution in [0.1, 0.15) is 33.8 Å². The molecule has 0 aliphatic carbocycles. The molecule has 2 aromatic rings. The Labute approximate surface area is 138 Å². The molecule has 1 fully saturated rings. The molecule has 1 aliphatic rings. The van der Waals surface area contributed by atoms with Gasteiger partial charge in [-0.15, -0.1) is 11.3 Å². The largest absolute Gasteiger partial charge is 0.365 e. The van der Waals surface area contributed by atoms with Gasteiger partial charge in [0.05, 0.1) is 0 Å². The number of rotatable bonds is 4. The van der Waals surface area contributed by atoms with Crippen LogP contribution in [0.15, 0.2) is 29.8 Å². The number of likely N-dealkylation sites (tertiary alicyclic amines) is 1. The molecule has 0 radical (unpaired) electrons. The third kappa shape index (κ3) is 3.39. The maximum Gasteiger partial charge on any atom is 0.273 e. The van der Waals surface area contributed by atoms with E-state index in [4.69, 9.17) is 0 Å². The molecule has 7 heteroatoms. The number of carbonyl (C=O) groups excluding carboxylic acids is 2. The summed E-state index contributed by atoms with van der Waals surface area (Å²) in [6.07, 6.45) is 3.23. The van der Waals surface area contributed by atoms with Crippen LogP contribution in [-0.4, -0.2) is 46.7 Å². The Morgan fingerprint density at radius 2 is 2.22 bits per heavy atom. The van der Waals surface area contributed by atoms with Gasteiger partial charge in [-0.05, 0) is 25.0 Å². The lowest BCUT2D eigenvalue weighted by Crippen LogP contribution is -2.42. The van der Waals surface area contributed by atoms with Gasteiger partial charge in [0.15, 0.2) is 10.9 Å². The molecule has 1 atom stereocenters. The van der Waals surface area contributed by atoms with Gasteiger partial charge in [-0.3, -0.25) is 14.6 Å². The average Bonchev–Trinajstić information content (AvgIpc) is 3.10. The Balaban J connectivity index is 1.70. The van der Waals surface area contributed by atoms with Crippen LogP contribution in [0.3, 0.4) is 0 Å². The first-order valence-electron chi connectivity index (χ1n) is 7.57. The summed E-state index contributed by atoms with van der Waals surface area (Å²) in [5.41, 5.74) is 0.906. The van der Waals surface area contributed by atoms with E-state index in [1.54, 1.807) is 41.7 Å². The van der Waals surface area contributed by atoms with Crippen LogP contribution in [0.25, 0.3) is 0 Å². The summed E-state index contributed by atoms with van der Waals surface area (Å²) in [5, 5.41) is 5.39. The highest BCUT2D eigenvalue weighted by Crippen LogP contribution is 2.23. The number of hydrogen-bond donors (Lipinski definition) is 1. The summed E-state index contributed by atoms with van der Waals surface area (Å²) in [4.78, 5) is 35.2. The van der Waals surface area contributed by atoms with Crippen molar-refractivity contribution in [1.29, 1.82) is 0 Å². The highest BCUT2D eigenvalue weighted by Gasteiger charge is 2.30. The Kier molecular flexibility index (Phi) is 4.66. The first-order valence-corrected chi connectivity index (χ1v) is 8.45. The van der Waals surface area contributed by atoms with Gasteiger partial charge >= 0.3 is 0 Å². The predicted octanol–water partition coefficient (Wildman–Crippen LogP) is 2.31. The van der Waals surface area contributed by atoms with Crippen LogP contribution in [0.5, 0.6) is 0 Å². The van der Waals surface area contributed by atoms with Crippen LogP contribution in [0, 0.1) is 5.92 Å². The molecule has 3 heterocycles. The minimum Gasteiger partial charge on any atom is -0.365 e. The molecule has 0 saturated carbocycles. The fourth-order valence-corrected chi connectivity index (χ4v) is 3.39. The summed E-state index contributed by atoms with van der Waals surface area (Å²) in [7, 11) is 1.77. The van der Waals surface area contributed by atoms with Crippen molar-refractivity contribution in [3.05, 3.63) is 41.2 Å². The molecule has 2 aromatic heterocycles. The zero-order chi connectivity index (χ0) is 16.2. The van der Waals surface area contributed by atoms with Gasteiger partial charge in [0.2, 0.25) is 0 Å². The molecule has 1 aliphatic heterocycles. The zero-order valence-corrected chi connectivity index (χ0v) is 13.7. The van der Waals surface area contributed by atoms with Crippen molar-refractivity contribution in [2.24, 2.45) is 5.92 Å². The molecule has 1 saturated heterocycles. The Morgan fingerprint density at radius 3 is 2.91 bits per heavy atom. The van der Waals surface area contributed by atoms with Crippen molar-refractivity contribution in [3.63, 3.8) is 0 Å². The SMILES string of the molecule is CNc1nc(C(=O)N2CCC[C@@H](C(=O)c3ccccn3)C2)cs1. The number of Topliss-reactive ketones (excluding diaryl/α,β-unsaturated/α-hetero) is 1. The number of nitrogens with one attached hydrogen (secondary N) is 1. The molecule has 3 rings (SSSR count). The first-order chi connectivity index (χ1) is 11.2. The minimum atomic E-state index is -0.190. The van der Waals surface area contributed by atoms with E-state index in [-0.39, 0.29) is 17.6 Å². The molecule has 0 bridgehead atoms. The first kappa shape index (κ1) is 15.6. The Hall–Kier alpha value is -2.28. The number of anilines is 1. The number of pyridine rings is 1. The van der Waals surface area contributed by atoms with Gasteiger partial charge in [0, 0.05) is 37.6 Å². The minimum absolute atomic E-state index is 0.0114. The summed E-state index contributed by atoms with van der Waals surface area (Å²) >= 11 is 1.40. The van der Waals surface area contributed by atoms with Gasteiger partial charge in [-0.25, -0.2) is 4.98 Å². The van der Waals surface area contributed by atoms with Gasteiger partial charge < -0.3 is 10.2 Å². The molecule has 0 spiro atoms. The van der Waals surface area contributed by atoms with Crippen LogP contribution in [0.2, 0.25) is 0 Å². The number of thiazole rings is 1. The Morgan fingerprint density at radius 1 is 1.35 bits per heavy atom. The summed E-state index contributed by atoms with van der Waals surface area (Å²) in [6.45, 7) is 1.10. The van der Waals surface area contributed by atoms with Gasteiger partial charge in [-0.2, -0.15) is 0 Å². The number of piperidine rings is 1. The normalized spacial score (nSPS) is 17.8. The van der Waals surface area contributed by atoms with Crippen molar-refractivity contribution in [3.8, 4) is 0 Å². The van der Waals surface area contributed by atoms with Crippen molar-refractivity contribution >= 4 is 28.2 Å². The van der Waals surface area contributed by atoms with Crippen LogP contribution < -0.4 is 5.32 Å². The highest BCUT2D eigenvalue weighted by atomic mass is 32.1. The second kappa shape index (κ2) is 6.87. The number of amides is 1. The van der Waals surface area contributed by atoms with E-state index in [2.05, 4.69) is 15.3 Å². The van der Waals surface area contributed by atoms with E-state index >= 15 is 0 Å². The molecule has 120 valence electrons. The molecule has 6 nitrogen and oxygen atoms in total. The third-order valence-corrected chi connectivity index (χ3v) is 4.79. The maximum atomic E-state index is 12.5. The molecule has 0 unspecified atom stereocenters. The van der Waals surface area contributed by atoms with Gasteiger partial charge in [-0.1, -0.05) is 6.07 Å². The van der Waals surface area contributed by atoms with Crippen LogP contribution in [-0.2, 0) is 0 Å². The van der Waals surface area contributed by atoms with E-state index in [1.807, 2.05) is 0 Å². The van der Waals surface area contributed by atoms with E-state index in [9.17, 15) is 9.59 Å². The molecular formula is C16H18N4O2S. The second-order valence-corrected chi connectivity index (χ2v) is 6.32. The molecule has 1 amide bonds. The molecule has 23 heavy (non-hydrogen) atoms. The van der Waals surface area contributed by atoms with Crippen LogP contribution >= 0.6 is 11.3 Å². The average molecular weight is 330 g/mol. The Bertz CT molecular complexity index is 701. The summed E-state index contributed by atoms with van der Waals surface area (Å²) in [5.74, 6) is -0.288. The van der Waals surface area contributed by atoms with Crippen LogP contribution in [0.4, 0.5) is 5.13 Å². The van der Waals surface area contributed by atoms with Crippen molar-refractivity contribution in [1.82, 2.24) is 14.9 Å². The van der Waals surface area contributed by atoms with Crippen molar-refractivity contribution in [2.75, 3.05) is 25.5 Å². The fraction of sp³-hybridized carbons (Fsp3) is 0.375. The third-order valence-electron chi connectivity index (χ3n) is 3.93.